The molecule has 0 saturated heterocycles. The van der Waals surface area contributed by atoms with Gasteiger partial charge in [0.05, 0.1) is 10.0 Å². The SMILES string of the molecule is CCC(C(=O)NC(C)(C)C)N(Cc1ccc(Cl)c(Cl)c1)C(=O)CC(c1ccccc1)c1ccccc1. The Morgan fingerprint density at radius 2 is 1.42 bits per heavy atom. The van der Waals surface area contributed by atoms with E-state index in [1.807, 2.05) is 94.4 Å². The zero-order valence-corrected chi connectivity index (χ0v) is 22.8. The monoisotopic (exact) mass is 524 g/mol. The smallest absolute Gasteiger partial charge is 0.243 e. The summed E-state index contributed by atoms with van der Waals surface area (Å²) in [7, 11) is 0. The summed E-state index contributed by atoms with van der Waals surface area (Å²) in [6.07, 6.45) is 0.713. The lowest BCUT2D eigenvalue weighted by Gasteiger charge is -2.34. The molecule has 1 unspecified atom stereocenters. The number of carbonyl (C=O) groups is 2. The minimum absolute atomic E-state index is 0.102. The van der Waals surface area contributed by atoms with Crippen molar-refractivity contribution in [2.75, 3.05) is 0 Å². The van der Waals surface area contributed by atoms with Crippen molar-refractivity contribution in [2.24, 2.45) is 0 Å². The molecule has 0 radical (unpaired) electrons. The molecule has 0 saturated carbocycles. The summed E-state index contributed by atoms with van der Waals surface area (Å²) < 4.78 is 0. The average molecular weight is 526 g/mol. The molecule has 2 amide bonds. The third-order valence-corrected chi connectivity index (χ3v) is 6.74. The van der Waals surface area contributed by atoms with Crippen molar-refractivity contribution in [3.63, 3.8) is 0 Å². The van der Waals surface area contributed by atoms with Crippen LogP contribution < -0.4 is 5.32 Å². The van der Waals surface area contributed by atoms with Gasteiger partial charge >= 0.3 is 0 Å². The molecule has 1 N–H and O–H groups in total. The third-order valence-electron chi connectivity index (χ3n) is 6.00. The lowest BCUT2D eigenvalue weighted by molar-refractivity contribution is -0.142. The van der Waals surface area contributed by atoms with Crippen LogP contribution in [-0.4, -0.2) is 28.3 Å². The number of nitrogens with zero attached hydrogens (tertiary/aromatic N) is 1. The van der Waals surface area contributed by atoms with E-state index in [0.717, 1.165) is 16.7 Å². The molecular weight excluding hydrogens is 491 g/mol. The number of hydrogen-bond acceptors (Lipinski definition) is 2. The molecule has 0 aliphatic rings. The third kappa shape index (κ3) is 7.59. The predicted octanol–water partition coefficient (Wildman–Crippen LogP) is 7.24. The fraction of sp³-hybridized carbons (Fsp3) is 0.333. The van der Waals surface area contributed by atoms with Crippen molar-refractivity contribution in [3.8, 4) is 0 Å². The zero-order valence-electron chi connectivity index (χ0n) is 21.3. The van der Waals surface area contributed by atoms with Gasteiger partial charge in [-0.15, -0.1) is 0 Å². The van der Waals surface area contributed by atoms with E-state index in [0.29, 0.717) is 16.5 Å². The van der Waals surface area contributed by atoms with Gasteiger partial charge < -0.3 is 10.2 Å². The molecule has 3 rings (SSSR count). The second-order valence-electron chi connectivity index (χ2n) is 10.0. The Morgan fingerprint density at radius 1 is 0.861 bits per heavy atom. The van der Waals surface area contributed by atoms with Gasteiger partial charge in [-0.3, -0.25) is 9.59 Å². The van der Waals surface area contributed by atoms with Crippen LogP contribution in [0.25, 0.3) is 0 Å². The molecular formula is C30H34Cl2N2O2. The zero-order chi connectivity index (χ0) is 26.3. The van der Waals surface area contributed by atoms with E-state index < -0.39 is 11.6 Å². The van der Waals surface area contributed by atoms with Crippen LogP contribution in [0, 0.1) is 0 Å². The molecule has 36 heavy (non-hydrogen) atoms. The summed E-state index contributed by atoms with van der Waals surface area (Å²) in [4.78, 5) is 29.0. The Morgan fingerprint density at radius 3 is 1.89 bits per heavy atom. The number of hydrogen-bond donors (Lipinski definition) is 1. The predicted molar refractivity (Wildman–Crippen MR) is 148 cm³/mol. The van der Waals surface area contributed by atoms with Crippen LogP contribution in [-0.2, 0) is 16.1 Å². The molecule has 0 aliphatic carbocycles. The first-order valence-electron chi connectivity index (χ1n) is 12.2. The van der Waals surface area contributed by atoms with E-state index in [-0.39, 0.29) is 30.7 Å². The lowest BCUT2D eigenvalue weighted by atomic mass is 9.88. The fourth-order valence-corrected chi connectivity index (χ4v) is 4.62. The van der Waals surface area contributed by atoms with Gasteiger partial charge in [0.25, 0.3) is 0 Å². The molecule has 6 heteroatoms. The summed E-state index contributed by atoms with van der Waals surface area (Å²) in [6.45, 7) is 7.98. The molecule has 1 atom stereocenters. The minimum atomic E-state index is -0.627. The number of carbonyl (C=O) groups excluding carboxylic acids is 2. The normalized spacial score (nSPS) is 12.3. The van der Waals surface area contributed by atoms with Crippen LogP contribution in [0.1, 0.15) is 63.1 Å². The second kappa shape index (κ2) is 12.4. The van der Waals surface area contributed by atoms with Gasteiger partial charge in [0.15, 0.2) is 0 Å². The highest BCUT2D eigenvalue weighted by atomic mass is 35.5. The topological polar surface area (TPSA) is 49.4 Å². The van der Waals surface area contributed by atoms with Crippen molar-refractivity contribution in [3.05, 3.63) is 106 Å². The highest BCUT2D eigenvalue weighted by Gasteiger charge is 2.32. The van der Waals surface area contributed by atoms with Crippen LogP contribution in [0.15, 0.2) is 78.9 Å². The van der Waals surface area contributed by atoms with E-state index in [1.54, 1.807) is 17.0 Å². The van der Waals surface area contributed by atoms with Crippen molar-refractivity contribution in [1.29, 1.82) is 0 Å². The van der Waals surface area contributed by atoms with Gasteiger partial charge in [-0.2, -0.15) is 0 Å². The van der Waals surface area contributed by atoms with E-state index in [9.17, 15) is 9.59 Å². The van der Waals surface area contributed by atoms with Crippen LogP contribution in [0.3, 0.4) is 0 Å². The molecule has 190 valence electrons. The van der Waals surface area contributed by atoms with E-state index in [4.69, 9.17) is 23.2 Å². The van der Waals surface area contributed by atoms with Gasteiger partial charge in [0.1, 0.15) is 6.04 Å². The molecule has 0 bridgehead atoms. The maximum atomic E-state index is 14.0. The first-order chi connectivity index (χ1) is 17.1. The van der Waals surface area contributed by atoms with Crippen LogP contribution in [0.4, 0.5) is 0 Å². The Hall–Kier alpha value is -2.82. The van der Waals surface area contributed by atoms with E-state index in [1.165, 1.54) is 0 Å². The van der Waals surface area contributed by atoms with Gasteiger partial charge in [0, 0.05) is 24.4 Å². The van der Waals surface area contributed by atoms with Crippen LogP contribution >= 0.6 is 23.2 Å². The van der Waals surface area contributed by atoms with Gasteiger partial charge in [-0.1, -0.05) is 96.9 Å². The number of benzene rings is 3. The Balaban J connectivity index is 1.98. The minimum Gasteiger partial charge on any atom is -0.350 e. The molecule has 0 fully saturated rings. The van der Waals surface area contributed by atoms with Crippen LogP contribution in [0.5, 0.6) is 0 Å². The largest absolute Gasteiger partial charge is 0.350 e. The standard InChI is InChI=1S/C30H34Cl2N2O2/c1-5-27(29(36)33-30(2,3)4)34(20-21-16-17-25(31)26(32)18-21)28(35)19-24(22-12-8-6-9-13-22)23-14-10-7-11-15-23/h6-18,24,27H,5,19-20H2,1-4H3,(H,33,36). The second-order valence-corrected chi connectivity index (χ2v) is 10.8. The van der Waals surface area contributed by atoms with Gasteiger partial charge in [0.2, 0.25) is 11.8 Å². The number of halogens is 2. The highest BCUT2D eigenvalue weighted by Crippen LogP contribution is 2.30. The van der Waals surface area contributed by atoms with Gasteiger partial charge in [-0.05, 0) is 56.0 Å². The number of nitrogens with one attached hydrogen (secondary N) is 1. The molecule has 0 aliphatic heterocycles. The van der Waals surface area contributed by atoms with E-state index in [2.05, 4.69) is 5.32 Å². The average Bonchev–Trinajstić information content (AvgIpc) is 2.84. The molecule has 0 aromatic heterocycles. The Kier molecular flexibility index (Phi) is 9.58. The van der Waals surface area contributed by atoms with Crippen LogP contribution in [0.2, 0.25) is 10.0 Å². The number of amides is 2. The molecule has 4 nitrogen and oxygen atoms in total. The fourth-order valence-electron chi connectivity index (χ4n) is 4.30. The van der Waals surface area contributed by atoms with Gasteiger partial charge in [-0.25, -0.2) is 0 Å². The molecule has 3 aromatic carbocycles. The lowest BCUT2D eigenvalue weighted by Crippen LogP contribution is -2.53. The summed E-state index contributed by atoms with van der Waals surface area (Å²) in [5.74, 6) is -0.413. The maximum absolute atomic E-state index is 14.0. The first-order valence-corrected chi connectivity index (χ1v) is 13.0. The molecule has 3 aromatic rings. The summed E-state index contributed by atoms with van der Waals surface area (Å²) in [6, 6.07) is 24.7. The summed E-state index contributed by atoms with van der Waals surface area (Å²) in [5, 5.41) is 3.91. The van der Waals surface area contributed by atoms with E-state index >= 15 is 0 Å². The summed E-state index contributed by atoms with van der Waals surface area (Å²) in [5.41, 5.74) is 2.51. The molecule has 0 heterocycles. The first kappa shape index (κ1) is 27.8. The molecule has 0 spiro atoms. The maximum Gasteiger partial charge on any atom is 0.243 e. The number of rotatable bonds is 9. The van der Waals surface area contributed by atoms with Crippen molar-refractivity contribution in [2.45, 2.75) is 64.6 Å². The Labute approximate surface area is 224 Å². The highest BCUT2D eigenvalue weighted by molar-refractivity contribution is 6.42. The van der Waals surface area contributed by atoms with Crippen molar-refractivity contribution >= 4 is 35.0 Å². The van der Waals surface area contributed by atoms with Crippen molar-refractivity contribution in [1.82, 2.24) is 10.2 Å². The Bertz CT molecular complexity index is 1120. The quantitative estimate of drug-likeness (QED) is 0.320. The summed E-state index contributed by atoms with van der Waals surface area (Å²) >= 11 is 12.4. The van der Waals surface area contributed by atoms with Crippen molar-refractivity contribution < 1.29 is 9.59 Å².